The summed E-state index contributed by atoms with van der Waals surface area (Å²) in [5.74, 6) is 0.730. The number of amides is 1. The fourth-order valence-corrected chi connectivity index (χ4v) is 1.69. The lowest BCUT2D eigenvalue weighted by atomic mass is 10.2. The zero-order chi connectivity index (χ0) is 15.0. The van der Waals surface area contributed by atoms with E-state index in [9.17, 15) is 4.79 Å². The van der Waals surface area contributed by atoms with Crippen molar-refractivity contribution in [3.8, 4) is 5.75 Å². The van der Waals surface area contributed by atoms with Crippen LogP contribution in [0, 0.1) is 0 Å². The first kappa shape index (κ1) is 16.1. The number of carbonyl (C=O) groups excluding carboxylic acids is 1. The summed E-state index contributed by atoms with van der Waals surface area (Å²) in [4.78, 5) is 11.6. The summed E-state index contributed by atoms with van der Waals surface area (Å²) in [6, 6.07) is 5.76. The average molecular weight is 279 g/mol. The Balaban J connectivity index is 2.42. The third kappa shape index (κ3) is 5.38. The van der Waals surface area contributed by atoms with Crippen molar-refractivity contribution in [3.05, 3.63) is 18.2 Å². The molecule has 0 aliphatic carbocycles. The van der Waals surface area contributed by atoms with Crippen LogP contribution >= 0.6 is 0 Å². The van der Waals surface area contributed by atoms with Gasteiger partial charge in [-0.1, -0.05) is 6.92 Å². The Bertz CT molecular complexity index is 435. The molecule has 0 saturated carbocycles. The maximum absolute atomic E-state index is 11.6. The van der Waals surface area contributed by atoms with Crippen LogP contribution in [0.4, 0.5) is 11.4 Å². The van der Waals surface area contributed by atoms with Gasteiger partial charge in [-0.15, -0.1) is 0 Å². The van der Waals surface area contributed by atoms with Crippen LogP contribution in [0.25, 0.3) is 0 Å². The molecule has 0 heterocycles. The van der Waals surface area contributed by atoms with Crippen molar-refractivity contribution >= 4 is 17.3 Å². The Morgan fingerprint density at radius 3 is 2.80 bits per heavy atom. The van der Waals surface area contributed by atoms with Crippen LogP contribution in [-0.2, 0) is 4.79 Å². The van der Waals surface area contributed by atoms with Crippen molar-refractivity contribution in [1.29, 1.82) is 0 Å². The van der Waals surface area contributed by atoms with E-state index in [0.29, 0.717) is 31.0 Å². The van der Waals surface area contributed by atoms with Gasteiger partial charge in [-0.3, -0.25) is 4.79 Å². The van der Waals surface area contributed by atoms with Gasteiger partial charge in [0.2, 0.25) is 5.91 Å². The Morgan fingerprint density at radius 1 is 1.40 bits per heavy atom. The predicted molar refractivity (Wildman–Crippen MR) is 83.0 cm³/mol. The molecule has 0 saturated heterocycles. The number of anilines is 2. The molecular formula is C15H25N3O2. The Hall–Kier alpha value is -1.91. The minimum Gasteiger partial charge on any atom is -0.492 e. The van der Waals surface area contributed by atoms with Crippen molar-refractivity contribution < 1.29 is 9.53 Å². The molecular weight excluding hydrogens is 254 g/mol. The van der Waals surface area contributed by atoms with E-state index in [0.717, 1.165) is 12.1 Å². The van der Waals surface area contributed by atoms with Crippen LogP contribution < -0.4 is 21.1 Å². The maximum Gasteiger partial charge on any atom is 0.221 e. The molecule has 5 heteroatoms. The third-order valence-electron chi connectivity index (χ3n) is 3.01. The Kier molecular flexibility index (Phi) is 6.70. The molecule has 0 spiro atoms. The molecule has 1 amide bonds. The smallest absolute Gasteiger partial charge is 0.221 e. The second-order valence-electron chi connectivity index (χ2n) is 4.74. The highest BCUT2D eigenvalue weighted by Crippen LogP contribution is 2.25. The number of ether oxygens (including phenoxy) is 1. The molecule has 5 nitrogen and oxygen atoms in total. The van der Waals surface area contributed by atoms with E-state index in [1.54, 1.807) is 6.07 Å². The van der Waals surface area contributed by atoms with Gasteiger partial charge in [0.1, 0.15) is 5.75 Å². The van der Waals surface area contributed by atoms with E-state index in [1.807, 2.05) is 32.9 Å². The largest absolute Gasteiger partial charge is 0.492 e. The van der Waals surface area contributed by atoms with E-state index >= 15 is 0 Å². The number of nitrogens with two attached hydrogens (primary N) is 1. The van der Waals surface area contributed by atoms with Crippen LogP contribution in [-0.4, -0.2) is 25.1 Å². The lowest BCUT2D eigenvalue weighted by Crippen LogP contribution is -2.32. The highest BCUT2D eigenvalue weighted by Gasteiger charge is 2.06. The summed E-state index contributed by atoms with van der Waals surface area (Å²) in [5.41, 5.74) is 7.32. The van der Waals surface area contributed by atoms with Crippen LogP contribution in [0.5, 0.6) is 5.75 Å². The molecule has 0 aliphatic heterocycles. The van der Waals surface area contributed by atoms with Crippen LogP contribution in [0.3, 0.4) is 0 Å². The fraction of sp³-hybridized carbons (Fsp3) is 0.533. The summed E-state index contributed by atoms with van der Waals surface area (Å²) >= 11 is 0. The second kappa shape index (κ2) is 8.30. The van der Waals surface area contributed by atoms with Gasteiger partial charge in [0, 0.05) is 30.8 Å². The first-order chi connectivity index (χ1) is 9.56. The van der Waals surface area contributed by atoms with Gasteiger partial charge in [0.15, 0.2) is 0 Å². The maximum atomic E-state index is 11.6. The van der Waals surface area contributed by atoms with E-state index in [2.05, 4.69) is 10.6 Å². The molecule has 0 fully saturated rings. The number of hydrogen-bond acceptors (Lipinski definition) is 4. The minimum atomic E-state index is 0.0623. The molecule has 4 N–H and O–H groups in total. The van der Waals surface area contributed by atoms with Crippen LogP contribution in [0.2, 0.25) is 0 Å². The van der Waals surface area contributed by atoms with Crippen molar-refractivity contribution in [2.24, 2.45) is 0 Å². The SMILES string of the molecule is CCOc1cc(NCCC(=O)NC(C)CC)ccc1N. The monoisotopic (exact) mass is 279 g/mol. The molecule has 0 aliphatic rings. The fourth-order valence-electron chi connectivity index (χ4n) is 1.69. The van der Waals surface area contributed by atoms with Crippen molar-refractivity contribution in [3.63, 3.8) is 0 Å². The summed E-state index contributed by atoms with van der Waals surface area (Å²) in [5, 5.41) is 6.13. The van der Waals surface area contributed by atoms with Crippen LogP contribution in [0.1, 0.15) is 33.6 Å². The van der Waals surface area contributed by atoms with Crippen molar-refractivity contribution in [2.45, 2.75) is 39.7 Å². The van der Waals surface area contributed by atoms with Gasteiger partial charge in [-0.05, 0) is 32.4 Å². The molecule has 0 bridgehead atoms. The number of rotatable bonds is 8. The van der Waals surface area contributed by atoms with Gasteiger partial charge in [-0.2, -0.15) is 0 Å². The summed E-state index contributed by atoms with van der Waals surface area (Å²) in [6.07, 6.45) is 1.38. The van der Waals surface area contributed by atoms with E-state index in [4.69, 9.17) is 10.5 Å². The number of nitrogen functional groups attached to an aromatic ring is 1. The standard InChI is InChI=1S/C15H25N3O2/c1-4-11(3)18-15(19)8-9-17-12-6-7-13(16)14(10-12)20-5-2/h6-7,10-11,17H,4-5,8-9,16H2,1-3H3,(H,18,19). The molecule has 0 radical (unpaired) electrons. The molecule has 0 aromatic heterocycles. The second-order valence-corrected chi connectivity index (χ2v) is 4.74. The zero-order valence-electron chi connectivity index (χ0n) is 12.5. The number of hydrogen-bond donors (Lipinski definition) is 3. The van der Waals surface area contributed by atoms with Gasteiger partial charge < -0.3 is 21.1 Å². The highest BCUT2D eigenvalue weighted by atomic mass is 16.5. The van der Waals surface area contributed by atoms with Crippen molar-refractivity contribution in [1.82, 2.24) is 5.32 Å². The quantitative estimate of drug-likeness (QED) is 0.639. The number of benzene rings is 1. The van der Waals surface area contributed by atoms with E-state index < -0.39 is 0 Å². The van der Waals surface area contributed by atoms with Gasteiger partial charge in [-0.25, -0.2) is 0 Å². The predicted octanol–water partition coefficient (Wildman–Crippen LogP) is 2.38. The van der Waals surface area contributed by atoms with Gasteiger partial charge in [0.25, 0.3) is 0 Å². The molecule has 1 unspecified atom stereocenters. The third-order valence-corrected chi connectivity index (χ3v) is 3.01. The molecule has 20 heavy (non-hydrogen) atoms. The molecule has 1 aromatic rings. The first-order valence-electron chi connectivity index (χ1n) is 7.12. The summed E-state index contributed by atoms with van der Waals surface area (Å²) in [7, 11) is 0. The Labute approximate surface area is 120 Å². The summed E-state index contributed by atoms with van der Waals surface area (Å²) < 4.78 is 5.43. The van der Waals surface area contributed by atoms with Crippen LogP contribution in [0.15, 0.2) is 18.2 Å². The van der Waals surface area contributed by atoms with Gasteiger partial charge >= 0.3 is 0 Å². The number of carbonyl (C=O) groups is 1. The normalized spacial score (nSPS) is 11.8. The zero-order valence-corrected chi connectivity index (χ0v) is 12.5. The molecule has 1 atom stereocenters. The average Bonchev–Trinajstić information content (AvgIpc) is 2.42. The molecule has 1 aromatic carbocycles. The minimum absolute atomic E-state index is 0.0623. The molecule has 1 rings (SSSR count). The van der Waals surface area contributed by atoms with Crippen molar-refractivity contribution in [2.75, 3.05) is 24.2 Å². The molecule has 112 valence electrons. The summed E-state index contributed by atoms with van der Waals surface area (Å²) in [6.45, 7) is 7.12. The lowest BCUT2D eigenvalue weighted by molar-refractivity contribution is -0.121. The highest BCUT2D eigenvalue weighted by molar-refractivity contribution is 5.76. The van der Waals surface area contributed by atoms with E-state index in [-0.39, 0.29) is 11.9 Å². The Morgan fingerprint density at radius 2 is 2.15 bits per heavy atom. The van der Waals surface area contributed by atoms with E-state index in [1.165, 1.54) is 0 Å². The topological polar surface area (TPSA) is 76.4 Å². The number of nitrogens with one attached hydrogen (secondary N) is 2. The lowest BCUT2D eigenvalue weighted by Gasteiger charge is -2.13. The van der Waals surface area contributed by atoms with Gasteiger partial charge in [0.05, 0.1) is 12.3 Å². The first-order valence-corrected chi connectivity index (χ1v) is 7.12.